The van der Waals surface area contributed by atoms with E-state index in [0.29, 0.717) is 43.9 Å². The maximum Gasteiger partial charge on any atom is 0.251 e. The van der Waals surface area contributed by atoms with Gasteiger partial charge in [-0.1, -0.05) is 50.1 Å². The summed E-state index contributed by atoms with van der Waals surface area (Å²) in [6.45, 7) is 12.1. The van der Waals surface area contributed by atoms with E-state index in [1.54, 1.807) is 12.1 Å². The fourth-order valence-electron chi connectivity index (χ4n) is 6.35. The molecule has 0 spiro atoms. The molecule has 6 unspecified atom stereocenters. The molecule has 0 aliphatic heterocycles. The zero-order chi connectivity index (χ0) is 33.6. The number of carbonyl (C=O) groups is 4. The quantitative estimate of drug-likeness (QED) is 0.145. The van der Waals surface area contributed by atoms with Gasteiger partial charge in [0.15, 0.2) is 0 Å². The van der Waals surface area contributed by atoms with Gasteiger partial charge in [-0.2, -0.15) is 0 Å². The van der Waals surface area contributed by atoms with E-state index in [9.17, 15) is 19.2 Å². The van der Waals surface area contributed by atoms with Gasteiger partial charge in [-0.25, -0.2) is 0 Å². The molecule has 0 heterocycles. The number of hydrogen-bond donors (Lipinski definition) is 3. The van der Waals surface area contributed by atoms with Crippen LogP contribution in [0.15, 0.2) is 42.5 Å². The third-order valence-corrected chi connectivity index (χ3v) is 8.86. The number of ether oxygens (including phenoxy) is 2. The number of amides is 3. The van der Waals surface area contributed by atoms with Crippen molar-refractivity contribution in [3.8, 4) is 5.75 Å². The van der Waals surface area contributed by atoms with Crippen LogP contribution in [0.2, 0.25) is 0 Å². The molecule has 1 fully saturated rings. The second-order valence-corrected chi connectivity index (χ2v) is 13.1. The maximum absolute atomic E-state index is 13.8. The molecule has 1 saturated carbocycles. The van der Waals surface area contributed by atoms with Crippen LogP contribution in [0.1, 0.15) is 99.7 Å². The minimum absolute atomic E-state index is 0.0345. The average molecular weight is 636 g/mol. The molecule has 252 valence electrons. The summed E-state index contributed by atoms with van der Waals surface area (Å²) in [5.41, 5.74) is 3.22. The molecule has 0 radical (unpaired) electrons. The summed E-state index contributed by atoms with van der Waals surface area (Å²) >= 11 is 0. The monoisotopic (exact) mass is 635 g/mol. The highest BCUT2D eigenvalue weighted by molar-refractivity contribution is 5.95. The van der Waals surface area contributed by atoms with Crippen molar-refractivity contribution in [1.29, 1.82) is 0 Å². The van der Waals surface area contributed by atoms with Crippen molar-refractivity contribution in [3.63, 3.8) is 0 Å². The highest BCUT2D eigenvalue weighted by Gasteiger charge is 2.32. The minimum Gasteiger partial charge on any atom is -0.488 e. The summed E-state index contributed by atoms with van der Waals surface area (Å²) < 4.78 is 12.5. The zero-order valence-electron chi connectivity index (χ0n) is 28.4. The van der Waals surface area contributed by atoms with Crippen molar-refractivity contribution in [2.75, 3.05) is 6.54 Å². The van der Waals surface area contributed by atoms with Crippen molar-refractivity contribution >= 4 is 24.0 Å². The Morgan fingerprint density at radius 1 is 1.02 bits per heavy atom. The summed E-state index contributed by atoms with van der Waals surface area (Å²) in [5, 5.41) is 8.77. The number of ketones is 1. The SMILES string of the molecule is CC(=O)CC(NC(=O)C(CCCNC=O)C(C)NC(=O)c1cc(C)c(OCc2ccccc2)c(C)c1)C(C)OC1CCCC(C)C1. The van der Waals surface area contributed by atoms with Crippen LogP contribution >= 0.6 is 0 Å². The number of rotatable bonds is 18. The topological polar surface area (TPSA) is 123 Å². The van der Waals surface area contributed by atoms with Gasteiger partial charge >= 0.3 is 0 Å². The molecule has 2 aromatic carbocycles. The predicted octanol–water partition coefficient (Wildman–Crippen LogP) is 5.59. The first-order valence-electron chi connectivity index (χ1n) is 16.7. The highest BCUT2D eigenvalue weighted by atomic mass is 16.5. The first kappa shape index (κ1) is 36.7. The third kappa shape index (κ3) is 11.6. The van der Waals surface area contributed by atoms with Gasteiger partial charge in [-0.05, 0) is 95.0 Å². The number of nitrogens with one attached hydrogen (secondary N) is 3. The molecular weight excluding hydrogens is 582 g/mol. The Bertz CT molecular complexity index is 1280. The van der Waals surface area contributed by atoms with E-state index in [2.05, 4.69) is 22.9 Å². The second-order valence-electron chi connectivity index (χ2n) is 13.1. The van der Waals surface area contributed by atoms with Gasteiger partial charge < -0.3 is 25.4 Å². The zero-order valence-corrected chi connectivity index (χ0v) is 28.4. The number of carbonyl (C=O) groups excluding carboxylic acids is 4. The van der Waals surface area contributed by atoms with Crippen molar-refractivity contribution < 1.29 is 28.7 Å². The van der Waals surface area contributed by atoms with E-state index in [0.717, 1.165) is 41.7 Å². The smallest absolute Gasteiger partial charge is 0.251 e. The molecule has 3 N–H and O–H groups in total. The van der Waals surface area contributed by atoms with Crippen LogP contribution in [0.3, 0.4) is 0 Å². The van der Waals surface area contributed by atoms with E-state index in [4.69, 9.17) is 9.47 Å². The molecule has 1 aliphatic rings. The number of aryl methyl sites for hydroxylation is 2. The molecule has 9 nitrogen and oxygen atoms in total. The van der Waals surface area contributed by atoms with Crippen LogP contribution in [0.4, 0.5) is 0 Å². The molecule has 2 aromatic rings. The van der Waals surface area contributed by atoms with E-state index < -0.39 is 18.0 Å². The lowest BCUT2D eigenvalue weighted by molar-refractivity contribution is -0.129. The van der Waals surface area contributed by atoms with Gasteiger partial charge in [0.2, 0.25) is 12.3 Å². The molecular formula is C37H53N3O6. The van der Waals surface area contributed by atoms with Gasteiger partial charge in [0.05, 0.1) is 24.2 Å². The molecule has 3 rings (SSSR count). The van der Waals surface area contributed by atoms with Crippen molar-refractivity contribution in [3.05, 3.63) is 64.7 Å². The molecule has 0 saturated heterocycles. The molecule has 0 aromatic heterocycles. The van der Waals surface area contributed by atoms with Crippen molar-refractivity contribution in [1.82, 2.24) is 16.0 Å². The molecule has 1 aliphatic carbocycles. The van der Waals surface area contributed by atoms with Crippen LogP contribution < -0.4 is 20.7 Å². The molecule has 46 heavy (non-hydrogen) atoms. The number of benzene rings is 2. The summed E-state index contributed by atoms with van der Waals surface area (Å²) in [7, 11) is 0. The normalized spacial score (nSPS) is 18.8. The van der Waals surface area contributed by atoms with Gasteiger partial charge in [-0.15, -0.1) is 0 Å². The lowest BCUT2D eigenvalue weighted by atomic mass is 9.88. The fourth-order valence-corrected chi connectivity index (χ4v) is 6.35. The van der Waals surface area contributed by atoms with Crippen LogP contribution in [0.25, 0.3) is 0 Å². The fraction of sp³-hybridized carbons (Fsp3) is 0.568. The highest BCUT2D eigenvalue weighted by Crippen LogP contribution is 2.28. The summed E-state index contributed by atoms with van der Waals surface area (Å²) in [6, 6.07) is 12.5. The van der Waals surface area contributed by atoms with Gasteiger partial charge in [0.1, 0.15) is 18.1 Å². The molecule has 0 bridgehead atoms. The van der Waals surface area contributed by atoms with Crippen LogP contribution in [-0.2, 0) is 25.7 Å². The average Bonchev–Trinajstić information content (AvgIpc) is 3.00. The Balaban J connectivity index is 1.71. The Morgan fingerprint density at radius 2 is 1.72 bits per heavy atom. The largest absolute Gasteiger partial charge is 0.488 e. The maximum atomic E-state index is 13.8. The van der Waals surface area contributed by atoms with E-state index in [1.807, 2.05) is 58.0 Å². The Kier molecular flexibility index (Phi) is 14.7. The van der Waals surface area contributed by atoms with Crippen LogP contribution in [0, 0.1) is 25.7 Å². The Hall–Kier alpha value is -3.72. The summed E-state index contributed by atoms with van der Waals surface area (Å²) in [5.74, 6) is 0.155. The van der Waals surface area contributed by atoms with Crippen LogP contribution in [0.5, 0.6) is 5.75 Å². The number of hydrogen-bond acceptors (Lipinski definition) is 6. The lowest BCUT2D eigenvalue weighted by Gasteiger charge is -2.34. The number of Topliss-reactive ketones (excluding diaryl/α,β-unsaturated/α-hetero) is 1. The standard InChI is InChI=1S/C37H53N3O6/c1-24-12-10-15-32(18-24)46-29(6)34(21-27(4)42)40-37(44)33(16-11-17-38-23-41)28(5)39-36(43)31-19-25(2)35(26(3)20-31)45-22-30-13-8-7-9-14-30/h7-9,13-14,19-20,23-24,28-29,32-34H,10-12,15-18,21-22H2,1-6H3,(H,38,41)(H,39,43)(H,40,44). The van der Waals surface area contributed by atoms with Gasteiger partial charge in [0, 0.05) is 24.6 Å². The van der Waals surface area contributed by atoms with Crippen LogP contribution in [-0.4, -0.2) is 54.8 Å². The Labute approximate surface area is 274 Å². The molecule has 6 atom stereocenters. The Morgan fingerprint density at radius 3 is 2.35 bits per heavy atom. The van der Waals surface area contributed by atoms with E-state index >= 15 is 0 Å². The predicted molar refractivity (Wildman–Crippen MR) is 180 cm³/mol. The first-order valence-corrected chi connectivity index (χ1v) is 16.7. The van der Waals surface area contributed by atoms with Gasteiger partial charge in [0.25, 0.3) is 5.91 Å². The summed E-state index contributed by atoms with van der Waals surface area (Å²) in [6.07, 6.45) is 5.78. The van der Waals surface area contributed by atoms with E-state index in [1.165, 1.54) is 13.3 Å². The molecule has 3 amide bonds. The van der Waals surface area contributed by atoms with Crippen molar-refractivity contribution in [2.45, 2.75) is 117 Å². The van der Waals surface area contributed by atoms with Gasteiger partial charge in [-0.3, -0.25) is 19.2 Å². The second kappa shape index (κ2) is 18.4. The first-order chi connectivity index (χ1) is 22.0. The lowest BCUT2D eigenvalue weighted by Crippen LogP contribution is -2.51. The molecule has 9 heteroatoms. The minimum atomic E-state index is -0.593. The summed E-state index contributed by atoms with van der Waals surface area (Å²) in [4.78, 5) is 50.3. The van der Waals surface area contributed by atoms with E-state index in [-0.39, 0.29) is 36.2 Å². The van der Waals surface area contributed by atoms with Crippen molar-refractivity contribution in [2.24, 2.45) is 11.8 Å². The third-order valence-electron chi connectivity index (χ3n) is 8.86.